The minimum absolute atomic E-state index is 0.162. The monoisotopic (exact) mass is 285 g/mol. The number of carbonyl (C=O) groups excluding carboxylic acids is 2. The van der Waals surface area contributed by atoms with Gasteiger partial charge in [0.05, 0.1) is 6.54 Å². The van der Waals surface area contributed by atoms with E-state index in [2.05, 4.69) is 11.8 Å². The van der Waals surface area contributed by atoms with Gasteiger partial charge in [-0.3, -0.25) is 9.59 Å². The van der Waals surface area contributed by atoms with Crippen LogP contribution < -0.4 is 11.5 Å². The third kappa shape index (κ3) is 3.23. The van der Waals surface area contributed by atoms with Crippen LogP contribution in [0.25, 0.3) is 0 Å². The Balaban J connectivity index is 2.32. The van der Waals surface area contributed by atoms with Crippen molar-refractivity contribution in [1.82, 2.24) is 4.90 Å². The molecule has 4 N–H and O–H groups in total. The maximum absolute atomic E-state index is 12.7. The van der Waals surface area contributed by atoms with Gasteiger partial charge in [-0.05, 0) is 37.5 Å². The molecule has 1 aliphatic heterocycles. The quantitative estimate of drug-likeness (QED) is 0.771. The van der Waals surface area contributed by atoms with Gasteiger partial charge in [-0.25, -0.2) is 0 Å². The van der Waals surface area contributed by atoms with Crippen LogP contribution in [0.4, 0.5) is 0 Å². The van der Waals surface area contributed by atoms with Gasteiger partial charge in [0.15, 0.2) is 0 Å². The van der Waals surface area contributed by atoms with E-state index < -0.39 is 11.9 Å². The molecule has 1 heterocycles. The van der Waals surface area contributed by atoms with Gasteiger partial charge < -0.3 is 16.4 Å². The first-order valence-electron chi connectivity index (χ1n) is 6.94. The lowest BCUT2D eigenvalue weighted by Crippen LogP contribution is -2.43. The SMILES string of the molecule is Cc1ccc(C#CCN)cc1C(=O)N1CCCC1C(N)=O. The molecule has 0 spiro atoms. The van der Waals surface area contributed by atoms with E-state index in [0.29, 0.717) is 18.5 Å². The van der Waals surface area contributed by atoms with Crippen molar-refractivity contribution in [2.75, 3.05) is 13.1 Å². The standard InChI is InChI=1S/C16H19N3O2/c1-11-6-7-12(4-2-8-17)10-13(11)16(21)19-9-3-5-14(19)15(18)20/h6-7,10,14H,3,5,8-9,17H2,1H3,(H2,18,20). The summed E-state index contributed by atoms with van der Waals surface area (Å²) in [5.74, 6) is 5.07. The van der Waals surface area contributed by atoms with Crippen LogP contribution in [-0.4, -0.2) is 35.8 Å². The van der Waals surface area contributed by atoms with Crippen molar-refractivity contribution < 1.29 is 9.59 Å². The summed E-state index contributed by atoms with van der Waals surface area (Å²) in [7, 11) is 0. The molecular weight excluding hydrogens is 266 g/mol. The zero-order chi connectivity index (χ0) is 15.4. The lowest BCUT2D eigenvalue weighted by Gasteiger charge is -2.23. The molecule has 1 saturated heterocycles. The average Bonchev–Trinajstić information content (AvgIpc) is 2.95. The van der Waals surface area contributed by atoms with Crippen molar-refractivity contribution >= 4 is 11.8 Å². The Morgan fingerprint density at radius 1 is 1.43 bits per heavy atom. The summed E-state index contributed by atoms with van der Waals surface area (Å²) in [5, 5.41) is 0. The van der Waals surface area contributed by atoms with Gasteiger partial charge in [0.2, 0.25) is 5.91 Å². The third-order valence-corrected chi connectivity index (χ3v) is 3.64. The summed E-state index contributed by atoms with van der Waals surface area (Å²) in [5.41, 5.74) is 12.9. The van der Waals surface area contributed by atoms with Crippen molar-refractivity contribution in [2.24, 2.45) is 11.5 Å². The Morgan fingerprint density at radius 3 is 2.86 bits per heavy atom. The maximum atomic E-state index is 12.7. The van der Waals surface area contributed by atoms with Gasteiger partial charge in [0, 0.05) is 17.7 Å². The minimum Gasteiger partial charge on any atom is -0.368 e. The molecule has 5 heteroatoms. The second-order valence-corrected chi connectivity index (χ2v) is 5.09. The van der Waals surface area contributed by atoms with Gasteiger partial charge in [0.25, 0.3) is 5.91 Å². The summed E-state index contributed by atoms with van der Waals surface area (Å²) in [4.78, 5) is 25.6. The summed E-state index contributed by atoms with van der Waals surface area (Å²) in [6, 6.07) is 4.94. The lowest BCUT2D eigenvalue weighted by atomic mass is 10.0. The van der Waals surface area contributed by atoms with Crippen LogP contribution in [0.2, 0.25) is 0 Å². The van der Waals surface area contributed by atoms with Gasteiger partial charge in [-0.2, -0.15) is 0 Å². The van der Waals surface area contributed by atoms with Crippen molar-refractivity contribution in [1.29, 1.82) is 0 Å². The normalized spacial score (nSPS) is 17.2. The number of nitrogens with two attached hydrogens (primary N) is 2. The molecule has 1 fully saturated rings. The van der Waals surface area contributed by atoms with E-state index in [1.54, 1.807) is 11.0 Å². The van der Waals surface area contributed by atoms with Crippen LogP contribution >= 0.6 is 0 Å². The summed E-state index contributed by atoms with van der Waals surface area (Å²) < 4.78 is 0. The second kappa shape index (κ2) is 6.42. The molecule has 0 radical (unpaired) electrons. The predicted molar refractivity (Wildman–Crippen MR) is 80.4 cm³/mol. The van der Waals surface area contributed by atoms with Gasteiger partial charge in [-0.15, -0.1) is 0 Å². The fourth-order valence-electron chi connectivity index (χ4n) is 2.54. The molecule has 1 atom stereocenters. The Labute approximate surface area is 124 Å². The molecule has 0 bridgehead atoms. The highest BCUT2D eigenvalue weighted by Crippen LogP contribution is 2.22. The van der Waals surface area contributed by atoms with E-state index >= 15 is 0 Å². The van der Waals surface area contributed by atoms with Crippen LogP contribution in [0, 0.1) is 18.8 Å². The van der Waals surface area contributed by atoms with Crippen molar-refractivity contribution in [3.63, 3.8) is 0 Å². The largest absolute Gasteiger partial charge is 0.368 e. The molecule has 0 aliphatic carbocycles. The number of hydrogen-bond acceptors (Lipinski definition) is 3. The molecule has 1 unspecified atom stereocenters. The van der Waals surface area contributed by atoms with Crippen LogP contribution in [0.5, 0.6) is 0 Å². The minimum atomic E-state index is -0.504. The molecule has 5 nitrogen and oxygen atoms in total. The number of amides is 2. The van der Waals surface area contributed by atoms with E-state index in [9.17, 15) is 9.59 Å². The molecule has 0 aromatic heterocycles. The number of likely N-dealkylation sites (tertiary alicyclic amines) is 1. The fraction of sp³-hybridized carbons (Fsp3) is 0.375. The van der Waals surface area contributed by atoms with Gasteiger partial charge in [-0.1, -0.05) is 17.9 Å². The number of aryl methyl sites for hydroxylation is 1. The van der Waals surface area contributed by atoms with Crippen LogP contribution in [0.1, 0.15) is 34.3 Å². The highest BCUT2D eigenvalue weighted by atomic mass is 16.2. The average molecular weight is 285 g/mol. The Morgan fingerprint density at radius 2 is 2.19 bits per heavy atom. The fourth-order valence-corrected chi connectivity index (χ4v) is 2.54. The molecule has 2 rings (SSSR count). The molecule has 1 aromatic carbocycles. The summed E-state index contributed by atoms with van der Waals surface area (Å²) in [6.07, 6.45) is 1.43. The molecule has 21 heavy (non-hydrogen) atoms. The van der Waals surface area contributed by atoms with E-state index in [4.69, 9.17) is 11.5 Å². The molecule has 2 amide bonds. The first kappa shape index (κ1) is 15.1. The number of rotatable bonds is 2. The number of nitrogens with zero attached hydrogens (tertiary/aromatic N) is 1. The smallest absolute Gasteiger partial charge is 0.254 e. The van der Waals surface area contributed by atoms with E-state index in [1.165, 1.54) is 0 Å². The number of carbonyl (C=O) groups is 2. The second-order valence-electron chi connectivity index (χ2n) is 5.09. The van der Waals surface area contributed by atoms with E-state index in [-0.39, 0.29) is 12.5 Å². The lowest BCUT2D eigenvalue weighted by molar-refractivity contribution is -0.121. The molecular formula is C16H19N3O2. The number of hydrogen-bond donors (Lipinski definition) is 2. The van der Waals surface area contributed by atoms with Crippen molar-refractivity contribution in [3.05, 3.63) is 34.9 Å². The zero-order valence-electron chi connectivity index (χ0n) is 12.1. The molecule has 1 aromatic rings. The summed E-state index contributed by atoms with van der Waals surface area (Å²) >= 11 is 0. The summed E-state index contributed by atoms with van der Waals surface area (Å²) in [6.45, 7) is 2.69. The Hall–Kier alpha value is -2.32. The first-order valence-corrected chi connectivity index (χ1v) is 6.94. The van der Waals surface area contributed by atoms with Gasteiger partial charge in [0.1, 0.15) is 6.04 Å². The predicted octanol–water partition coefficient (Wildman–Crippen LogP) is 0.395. The van der Waals surface area contributed by atoms with E-state index in [1.807, 2.05) is 19.1 Å². The highest BCUT2D eigenvalue weighted by Gasteiger charge is 2.33. The first-order chi connectivity index (χ1) is 10.0. The topological polar surface area (TPSA) is 89.4 Å². The maximum Gasteiger partial charge on any atom is 0.254 e. The Kier molecular flexibility index (Phi) is 4.61. The van der Waals surface area contributed by atoms with Gasteiger partial charge >= 0.3 is 0 Å². The Bertz CT molecular complexity index is 628. The molecule has 1 aliphatic rings. The van der Waals surface area contributed by atoms with Crippen molar-refractivity contribution in [2.45, 2.75) is 25.8 Å². The van der Waals surface area contributed by atoms with Crippen molar-refractivity contribution in [3.8, 4) is 11.8 Å². The van der Waals surface area contributed by atoms with Crippen LogP contribution in [0.3, 0.4) is 0 Å². The molecule has 0 saturated carbocycles. The third-order valence-electron chi connectivity index (χ3n) is 3.64. The van der Waals surface area contributed by atoms with Crippen LogP contribution in [0.15, 0.2) is 18.2 Å². The van der Waals surface area contributed by atoms with E-state index in [0.717, 1.165) is 17.5 Å². The van der Waals surface area contributed by atoms with Crippen LogP contribution in [-0.2, 0) is 4.79 Å². The highest BCUT2D eigenvalue weighted by molar-refractivity contribution is 5.99. The number of primary amides is 1. The zero-order valence-corrected chi connectivity index (χ0v) is 12.1. The molecule has 110 valence electrons. The number of benzene rings is 1.